The predicted octanol–water partition coefficient (Wildman–Crippen LogP) is 2.83. The van der Waals surface area contributed by atoms with Crippen molar-refractivity contribution in [3.63, 3.8) is 0 Å². The van der Waals surface area contributed by atoms with Crippen molar-refractivity contribution in [2.75, 3.05) is 11.9 Å². The maximum atomic E-state index is 12.1. The van der Waals surface area contributed by atoms with Gasteiger partial charge in [0, 0.05) is 30.3 Å². The molecule has 0 spiro atoms. The summed E-state index contributed by atoms with van der Waals surface area (Å²) in [4.78, 5) is 29.3. The minimum absolute atomic E-state index is 0.00837. The highest BCUT2D eigenvalue weighted by molar-refractivity contribution is 9.10. The molecule has 0 atom stereocenters. The van der Waals surface area contributed by atoms with Gasteiger partial charge in [-0.1, -0.05) is 18.2 Å². The van der Waals surface area contributed by atoms with Crippen LogP contribution in [-0.4, -0.2) is 28.2 Å². The number of hydrogen-bond donors (Lipinski definition) is 1. The van der Waals surface area contributed by atoms with E-state index < -0.39 is 0 Å². The molecule has 1 aromatic heterocycles. The van der Waals surface area contributed by atoms with Gasteiger partial charge < -0.3 is 10.2 Å². The first kappa shape index (κ1) is 16.2. The minimum atomic E-state index is -0.244. The smallest absolute Gasteiger partial charge is 0.244 e. The van der Waals surface area contributed by atoms with Crippen LogP contribution in [0.5, 0.6) is 0 Å². The second-order valence-electron chi connectivity index (χ2n) is 4.76. The van der Waals surface area contributed by atoms with Crippen LogP contribution >= 0.6 is 15.9 Å². The fourth-order valence-corrected chi connectivity index (χ4v) is 2.30. The third-order valence-corrected chi connectivity index (χ3v) is 3.72. The monoisotopic (exact) mass is 361 g/mol. The predicted molar refractivity (Wildman–Crippen MR) is 88.1 cm³/mol. The van der Waals surface area contributed by atoms with Crippen LogP contribution in [0.3, 0.4) is 0 Å². The van der Waals surface area contributed by atoms with Crippen LogP contribution in [0, 0.1) is 0 Å². The van der Waals surface area contributed by atoms with E-state index in [9.17, 15) is 9.59 Å². The molecule has 2 amide bonds. The molecule has 1 N–H and O–H groups in total. The summed E-state index contributed by atoms with van der Waals surface area (Å²) in [5.74, 6) is -0.405. The Balaban J connectivity index is 2.00. The van der Waals surface area contributed by atoms with E-state index in [1.807, 2.05) is 24.3 Å². The maximum absolute atomic E-state index is 12.1. The van der Waals surface area contributed by atoms with Gasteiger partial charge in [0.15, 0.2) is 0 Å². The number of hydrogen-bond acceptors (Lipinski definition) is 3. The van der Waals surface area contributed by atoms with Crippen LogP contribution in [-0.2, 0) is 16.1 Å². The van der Waals surface area contributed by atoms with Gasteiger partial charge in [0.2, 0.25) is 11.8 Å². The molecule has 0 saturated carbocycles. The highest BCUT2D eigenvalue weighted by Gasteiger charge is 2.15. The molecule has 0 saturated heterocycles. The van der Waals surface area contributed by atoms with E-state index in [2.05, 4.69) is 26.2 Å². The van der Waals surface area contributed by atoms with Gasteiger partial charge in [-0.3, -0.25) is 14.6 Å². The summed E-state index contributed by atoms with van der Waals surface area (Å²) in [7, 11) is 0. The van der Waals surface area contributed by atoms with Crippen molar-refractivity contribution < 1.29 is 9.59 Å². The molecule has 0 unspecified atom stereocenters. The fourth-order valence-electron chi connectivity index (χ4n) is 1.92. The molecule has 0 bridgehead atoms. The number of rotatable bonds is 5. The second-order valence-corrected chi connectivity index (χ2v) is 5.62. The van der Waals surface area contributed by atoms with E-state index in [1.165, 1.54) is 11.8 Å². The molecule has 6 heteroatoms. The molecule has 2 aromatic rings. The molecule has 22 heavy (non-hydrogen) atoms. The Morgan fingerprint density at radius 3 is 2.64 bits per heavy atom. The first-order chi connectivity index (χ1) is 10.6. The number of carbonyl (C=O) groups excluding carboxylic acids is 2. The molecule has 0 radical (unpaired) electrons. The number of aromatic nitrogens is 1. The van der Waals surface area contributed by atoms with E-state index in [-0.39, 0.29) is 18.4 Å². The first-order valence-corrected chi connectivity index (χ1v) is 7.54. The summed E-state index contributed by atoms with van der Waals surface area (Å²) < 4.78 is 0.796. The summed E-state index contributed by atoms with van der Waals surface area (Å²) in [6, 6.07) is 11.0. The number of anilines is 1. The summed E-state index contributed by atoms with van der Waals surface area (Å²) in [6.45, 7) is 1.79. The number of carbonyl (C=O) groups is 2. The standard InChI is InChI=1S/C16H16BrN3O2/c1-12(21)20(10-13-5-4-8-18-9-13)11-16(22)19-15-7-3-2-6-14(15)17/h2-9H,10-11H2,1H3,(H,19,22). The topological polar surface area (TPSA) is 62.3 Å². The van der Waals surface area contributed by atoms with Gasteiger partial charge in [0.1, 0.15) is 6.54 Å². The molecule has 0 aliphatic carbocycles. The normalized spacial score (nSPS) is 10.1. The van der Waals surface area contributed by atoms with E-state index in [4.69, 9.17) is 0 Å². The number of benzene rings is 1. The zero-order chi connectivity index (χ0) is 15.9. The Hall–Kier alpha value is -2.21. The average molecular weight is 362 g/mol. The molecular weight excluding hydrogens is 346 g/mol. The number of pyridine rings is 1. The van der Waals surface area contributed by atoms with Gasteiger partial charge in [-0.2, -0.15) is 0 Å². The third-order valence-electron chi connectivity index (χ3n) is 3.02. The Kier molecular flexibility index (Phi) is 5.66. The highest BCUT2D eigenvalue weighted by Crippen LogP contribution is 2.21. The van der Waals surface area contributed by atoms with Crippen LogP contribution in [0.2, 0.25) is 0 Å². The number of nitrogens with zero attached hydrogens (tertiary/aromatic N) is 2. The van der Waals surface area contributed by atoms with E-state index in [1.54, 1.807) is 24.5 Å². The number of halogens is 1. The van der Waals surface area contributed by atoms with Crippen LogP contribution in [0.15, 0.2) is 53.3 Å². The average Bonchev–Trinajstić information content (AvgIpc) is 2.50. The Morgan fingerprint density at radius 1 is 1.23 bits per heavy atom. The summed E-state index contributed by atoms with van der Waals surface area (Å²) in [5, 5.41) is 2.79. The third kappa shape index (κ3) is 4.66. The zero-order valence-corrected chi connectivity index (χ0v) is 13.7. The lowest BCUT2D eigenvalue weighted by molar-refractivity contribution is -0.133. The number of para-hydroxylation sites is 1. The van der Waals surface area contributed by atoms with E-state index in [0.717, 1.165) is 10.0 Å². The van der Waals surface area contributed by atoms with Crippen LogP contribution in [0.25, 0.3) is 0 Å². The van der Waals surface area contributed by atoms with Crippen molar-refractivity contribution in [2.24, 2.45) is 0 Å². The Morgan fingerprint density at radius 2 is 2.00 bits per heavy atom. The summed E-state index contributed by atoms with van der Waals surface area (Å²) in [6.07, 6.45) is 3.35. The van der Waals surface area contributed by atoms with Crippen molar-refractivity contribution >= 4 is 33.4 Å². The van der Waals surface area contributed by atoms with Gasteiger partial charge >= 0.3 is 0 Å². The quantitative estimate of drug-likeness (QED) is 0.890. The zero-order valence-electron chi connectivity index (χ0n) is 12.1. The second kappa shape index (κ2) is 7.70. The van der Waals surface area contributed by atoms with Gasteiger partial charge in [-0.05, 0) is 39.7 Å². The van der Waals surface area contributed by atoms with Crippen LogP contribution in [0.1, 0.15) is 12.5 Å². The van der Waals surface area contributed by atoms with Crippen LogP contribution in [0.4, 0.5) is 5.69 Å². The Bertz CT molecular complexity index is 661. The van der Waals surface area contributed by atoms with Crippen molar-refractivity contribution in [3.8, 4) is 0 Å². The van der Waals surface area contributed by atoms with Crippen molar-refractivity contribution in [2.45, 2.75) is 13.5 Å². The molecule has 1 aromatic carbocycles. The molecule has 0 fully saturated rings. The maximum Gasteiger partial charge on any atom is 0.244 e. The van der Waals surface area contributed by atoms with Gasteiger partial charge in [-0.15, -0.1) is 0 Å². The van der Waals surface area contributed by atoms with E-state index >= 15 is 0 Å². The fraction of sp³-hybridized carbons (Fsp3) is 0.188. The summed E-state index contributed by atoms with van der Waals surface area (Å²) in [5.41, 5.74) is 1.56. The minimum Gasteiger partial charge on any atom is -0.329 e. The molecule has 1 heterocycles. The van der Waals surface area contributed by atoms with E-state index in [0.29, 0.717) is 12.2 Å². The molecule has 0 aliphatic rings. The lowest BCUT2D eigenvalue weighted by Crippen LogP contribution is -2.36. The molecule has 2 rings (SSSR count). The highest BCUT2D eigenvalue weighted by atomic mass is 79.9. The molecule has 114 valence electrons. The molecular formula is C16H16BrN3O2. The SMILES string of the molecule is CC(=O)N(CC(=O)Nc1ccccc1Br)Cc1cccnc1. The largest absolute Gasteiger partial charge is 0.329 e. The lowest BCUT2D eigenvalue weighted by atomic mass is 10.2. The van der Waals surface area contributed by atoms with Crippen LogP contribution < -0.4 is 5.32 Å². The van der Waals surface area contributed by atoms with Gasteiger partial charge in [-0.25, -0.2) is 0 Å². The number of nitrogens with one attached hydrogen (secondary N) is 1. The molecule has 5 nitrogen and oxygen atoms in total. The van der Waals surface area contributed by atoms with Crippen molar-refractivity contribution in [3.05, 3.63) is 58.8 Å². The first-order valence-electron chi connectivity index (χ1n) is 6.75. The van der Waals surface area contributed by atoms with Gasteiger partial charge in [0.05, 0.1) is 5.69 Å². The Labute approximate surface area is 137 Å². The van der Waals surface area contributed by atoms with Crippen molar-refractivity contribution in [1.29, 1.82) is 0 Å². The lowest BCUT2D eigenvalue weighted by Gasteiger charge is -2.20. The van der Waals surface area contributed by atoms with Gasteiger partial charge in [0.25, 0.3) is 0 Å². The summed E-state index contributed by atoms with van der Waals surface area (Å²) >= 11 is 3.37. The number of amides is 2. The molecule has 0 aliphatic heterocycles. The van der Waals surface area contributed by atoms with Crippen molar-refractivity contribution in [1.82, 2.24) is 9.88 Å².